The van der Waals surface area contributed by atoms with Crippen molar-refractivity contribution >= 4 is 17.3 Å². The number of hydrogen-bond donors (Lipinski definition) is 3. The van der Waals surface area contributed by atoms with Crippen LogP contribution in [0.4, 0.5) is 26.1 Å². The van der Waals surface area contributed by atoms with E-state index in [1.807, 2.05) is 6.92 Å². The third-order valence-corrected chi connectivity index (χ3v) is 2.56. The number of halogens is 2. The monoisotopic (exact) mass is 265 g/mol. The fraction of sp³-hybridized carbons (Fsp3) is 0.167. The fourth-order valence-corrected chi connectivity index (χ4v) is 1.74. The maximum absolute atomic E-state index is 13.1. The van der Waals surface area contributed by atoms with E-state index in [0.29, 0.717) is 18.1 Å². The molecular formula is C12H13F2N5. The molecule has 100 valence electrons. The van der Waals surface area contributed by atoms with Crippen molar-refractivity contribution in [2.45, 2.75) is 13.3 Å². The van der Waals surface area contributed by atoms with E-state index in [2.05, 4.69) is 20.7 Å². The number of hydrazine groups is 1. The lowest BCUT2D eigenvalue weighted by atomic mass is 10.2. The van der Waals surface area contributed by atoms with Gasteiger partial charge in [0.15, 0.2) is 0 Å². The van der Waals surface area contributed by atoms with Crippen molar-refractivity contribution in [2.75, 3.05) is 10.7 Å². The van der Waals surface area contributed by atoms with Gasteiger partial charge in [0.1, 0.15) is 29.6 Å². The minimum absolute atomic E-state index is 0.272. The van der Waals surface area contributed by atoms with E-state index in [-0.39, 0.29) is 5.69 Å². The molecule has 0 spiro atoms. The highest BCUT2D eigenvalue weighted by atomic mass is 19.1. The number of aromatic nitrogens is 2. The Balaban J connectivity index is 2.37. The third kappa shape index (κ3) is 2.94. The lowest BCUT2D eigenvalue weighted by Crippen LogP contribution is -2.13. The van der Waals surface area contributed by atoms with Gasteiger partial charge in [-0.3, -0.25) is 0 Å². The summed E-state index contributed by atoms with van der Waals surface area (Å²) in [5.74, 6) is 4.95. The average molecular weight is 265 g/mol. The van der Waals surface area contributed by atoms with Crippen LogP contribution in [0.15, 0.2) is 24.5 Å². The maximum atomic E-state index is 13.1. The molecule has 0 fully saturated rings. The van der Waals surface area contributed by atoms with E-state index in [0.717, 1.165) is 11.6 Å². The standard InChI is InChI=1S/C12H13F2N5/c1-2-10-11(16-6-17-12(10)19-15)18-9-4-7(13)3-8(14)5-9/h3-6H,2,15H2,1H3,(H2,16,17,18,19). The molecule has 1 aromatic carbocycles. The number of nitrogens with one attached hydrogen (secondary N) is 2. The number of anilines is 3. The zero-order valence-corrected chi connectivity index (χ0v) is 10.2. The van der Waals surface area contributed by atoms with Crippen molar-refractivity contribution in [2.24, 2.45) is 5.84 Å². The molecule has 0 radical (unpaired) electrons. The molecule has 5 nitrogen and oxygen atoms in total. The number of nitrogens with two attached hydrogens (primary N) is 1. The van der Waals surface area contributed by atoms with Gasteiger partial charge in [-0.25, -0.2) is 24.6 Å². The number of rotatable bonds is 4. The summed E-state index contributed by atoms with van der Waals surface area (Å²) in [5.41, 5.74) is 3.46. The highest BCUT2D eigenvalue weighted by Crippen LogP contribution is 2.24. The second kappa shape index (κ2) is 5.57. The molecule has 4 N–H and O–H groups in total. The lowest BCUT2D eigenvalue weighted by molar-refractivity contribution is 0.584. The Kier molecular flexibility index (Phi) is 3.86. The smallest absolute Gasteiger partial charge is 0.148 e. The first-order valence-electron chi connectivity index (χ1n) is 5.67. The zero-order chi connectivity index (χ0) is 13.8. The highest BCUT2D eigenvalue weighted by molar-refractivity contribution is 5.64. The van der Waals surface area contributed by atoms with E-state index in [4.69, 9.17) is 5.84 Å². The van der Waals surface area contributed by atoms with Gasteiger partial charge in [-0.2, -0.15) is 0 Å². The van der Waals surface area contributed by atoms with E-state index in [1.54, 1.807) is 0 Å². The molecule has 0 saturated carbocycles. The topological polar surface area (TPSA) is 75.9 Å². The summed E-state index contributed by atoms with van der Waals surface area (Å²) >= 11 is 0. The molecule has 2 aromatic rings. The SMILES string of the molecule is CCc1c(NN)ncnc1Nc1cc(F)cc(F)c1. The Morgan fingerprint density at radius 2 is 1.74 bits per heavy atom. The number of nitrogen functional groups attached to an aromatic ring is 1. The van der Waals surface area contributed by atoms with Gasteiger partial charge < -0.3 is 10.7 Å². The molecule has 7 heteroatoms. The van der Waals surface area contributed by atoms with Crippen LogP contribution in [0, 0.1) is 11.6 Å². The number of hydrogen-bond acceptors (Lipinski definition) is 5. The molecule has 2 rings (SSSR count). The van der Waals surface area contributed by atoms with Gasteiger partial charge in [-0.05, 0) is 18.6 Å². The Morgan fingerprint density at radius 3 is 2.32 bits per heavy atom. The number of nitrogens with zero attached hydrogens (tertiary/aromatic N) is 2. The zero-order valence-electron chi connectivity index (χ0n) is 10.2. The fourth-order valence-electron chi connectivity index (χ4n) is 1.74. The second-order valence-electron chi connectivity index (χ2n) is 3.83. The largest absolute Gasteiger partial charge is 0.340 e. The molecule has 0 amide bonds. The van der Waals surface area contributed by atoms with Gasteiger partial charge in [-0.15, -0.1) is 0 Å². The summed E-state index contributed by atoms with van der Waals surface area (Å²) in [7, 11) is 0. The van der Waals surface area contributed by atoms with Crippen molar-refractivity contribution in [3.63, 3.8) is 0 Å². The van der Waals surface area contributed by atoms with Gasteiger partial charge in [0.2, 0.25) is 0 Å². The van der Waals surface area contributed by atoms with Crippen molar-refractivity contribution in [1.82, 2.24) is 9.97 Å². The van der Waals surface area contributed by atoms with Crippen LogP contribution in [0.3, 0.4) is 0 Å². The summed E-state index contributed by atoms with van der Waals surface area (Å²) < 4.78 is 26.2. The molecule has 0 aliphatic carbocycles. The van der Waals surface area contributed by atoms with Crippen LogP contribution in [-0.4, -0.2) is 9.97 Å². The summed E-state index contributed by atoms with van der Waals surface area (Å²) in [4.78, 5) is 8.02. The Hall–Kier alpha value is -2.28. The van der Waals surface area contributed by atoms with Gasteiger partial charge >= 0.3 is 0 Å². The molecular weight excluding hydrogens is 252 g/mol. The minimum Gasteiger partial charge on any atom is -0.340 e. The predicted octanol–water partition coefficient (Wildman–Crippen LogP) is 2.35. The van der Waals surface area contributed by atoms with Crippen LogP contribution in [0.1, 0.15) is 12.5 Å². The van der Waals surface area contributed by atoms with E-state index < -0.39 is 11.6 Å². The van der Waals surface area contributed by atoms with Crippen molar-refractivity contribution in [1.29, 1.82) is 0 Å². The normalized spacial score (nSPS) is 10.3. The quantitative estimate of drug-likeness (QED) is 0.584. The van der Waals surface area contributed by atoms with Gasteiger partial charge in [0, 0.05) is 17.3 Å². The summed E-state index contributed by atoms with van der Waals surface area (Å²) in [6.07, 6.45) is 1.92. The lowest BCUT2D eigenvalue weighted by Gasteiger charge is -2.12. The first-order chi connectivity index (χ1) is 9.13. The number of benzene rings is 1. The van der Waals surface area contributed by atoms with Crippen LogP contribution in [0.5, 0.6) is 0 Å². The first kappa shape index (κ1) is 13.2. The summed E-state index contributed by atoms with van der Waals surface area (Å²) in [5, 5.41) is 2.85. The van der Waals surface area contributed by atoms with Crippen molar-refractivity contribution in [3.8, 4) is 0 Å². The molecule has 0 unspecified atom stereocenters. The van der Waals surface area contributed by atoms with E-state index in [9.17, 15) is 8.78 Å². The van der Waals surface area contributed by atoms with Crippen LogP contribution in [0.25, 0.3) is 0 Å². The molecule has 19 heavy (non-hydrogen) atoms. The van der Waals surface area contributed by atoms with E-state index >= 15 is 0 Å². The molecule has 1 heterocycles. The third-order valence-electron chi connectivity index (χ3n) is 2.56. The van der Waals surface area contributed by atoms with Crippen molar-refractivity contribution < 1.29 is 8.78 Å². The molecule has 0 bridgehead atoms. The first-order valence-corrected chi connectivity index (χ1v) is 5.67. The second-order valence-corrected chi connectivity index (χ2v) is 3.83. The van der Waals surface area contributed by atoms with Gasteiger partial charge in [0.05, 0.1) is 0 Å². The molecule has 0 aliphatic rings. The molecule has 0 aliphatic heterocycles. The highest BCUT2D eigenvalue weighted by Gasteiger charge is 2.10. The van der Waals surface area contributed by atoms with Crippen LogP contribution < -0.4 is 16.6 Å². The van der Waals surface area contributed by atoms with Crippen LogP contribution in [0.2, 0.25) is 0 Å². The Bertz CT molecular complexity index is 568. The minimum atomic E-state index is -0.660. The molecule has 0 atom stereocenters. The maximum Gasteiger partial charge on any atom is 0.148 e. The van der Waals surface area contributed by atoms with Crippen molar-refractivity contribution in [3.05, 3.63) is 41.7 Å². The average Bonchev–Trinajstić information content (AvgIpc) is 2.37. The van der Waals surface area contributed by atoms with Gasteiger partial charge in [-0.1, -0.05) is 6.92 Å². The van der Waals surface area contributed by atoms with Gasteiger partial charge in [0.25, 0.3) is 0 Å². The molecule has 0 saturated heterocycles. The molecule has 1 aromatic heterocycles. The van der Waals surface area contributed by atoms with E-state index in [1.165, 1.54) is 18.5 Å². The summed E-state index contributed by atoms with van der Waals surface area (Å²) in [6, 6.07) is 3.17. The Morgan fingerprint density at radius 1 is 1.11 bits per heavy atom. The van der Waals surface area contributed by atoms with Crippen LogP contribution >= 0.6 is 0 Å². The predicted molar refractivity (Wildman–Crippen MR) is 68.9 cm³/mol. The summed E-state index contributed by atoms with van der Waals surface area (Å²) in [6.45, 7) is 1.90. The Labute approximate surface area is 108 Å². The van der Waals surface area contributed by atoms with Crippen LogP contribution in [-0.2, 0) is 6.42 Å².